The van der Waals surface area contributed by atoms with Gasteiger partial charge in [-0.2, -0.15) is 13.2 Å². The Hall–Kier alpha value is -0.780. The molecule has 100 valence electrons. The standard InChI is InChI=1S/C11H20F3N3/c1-2-7-16-10(17-15)8-3-5-9(6-4-8)11(12,13)14/h8-9H,2-7,15H2,1H3,(H,16,17). The summed E-state index contributed by atoms with van der Waals surface area (Å²) in [4.78, 5) is 4.27. The largest absolute Gasteiger partial charge is 0.391 e. The highest BCUT2D eigenvalue weighted by molar-refractivity contribution is 5.84. The Morgan fingerprint density at radius 1 is 1.29 bits per heavy atom. The lowest BCUT2D eigenvalue weighted by atomic mass is 9.81. The Bertz CT molecular complexity index is 255. The summed E-state index contributed by atoms with van der Waals surface area (Å²) in [6.45, 7) is 2.66. The lowest BCUT2D eigenvalue weighted by Gasteiger charge is -2.30. The number of amidine groups is 1. The molecule has 0 spiro atoms. The van der Waals surface area contributed by atoms with Crippen LogP contribution < -0.4 is 11.3 Å². The van der Waals surface area contributed by atoms with Crippen molar-refractivity contribution in [1.29, 1.82) is 0 Å². The van der Waals surface area contributed by atoms with E-state index >= 15 is 0 Å². The molecule has 0 atom stereocenters. The van der Waals surface area contributed by atoms with E-state index in [0.29, 0.717) is 25.2 Å². The van der Waals surface area contributed by atoms with E-state index in [9.17, 15) is 13.2 Å². The summed E-state index contributed by atoms with van der Waals surface area (Å²) >= 11 is 0. The molecule has 0 saturated heterocycles. The number of halogens is 3. The zero-order valence-electron chi connectivity index (χ0n) is 10.1. The van der Waals surface area contributed by atoms with Crippen LogP contribution in [0.4, 0.5) is 13.2 Å². The van der Waals surface area contributed by atoms with Crippen LogP contribution in [0.5, 0.6) is 0 Å². The van der Waals surface area contributed by atoms with Crippen LogP contribution in [0.2, 0.25) is 0 Å². The number of aliphatic imine (C=N–C) groups is 1. The van der Waals surface area contributed by atoms with Gasteiger partial charge in [0.1, 0.15) is 5.84 Å². The third-order valence-corrected chi connectivity index (χ3v) is 3.23. The van der Waals surface area contributed by atoms with E-state index in [-0.39, 0.29) is 18.8 Å². The van der Waals surface area contributed by atoms with E-state index in [2.05, 4.69) is 10.4 Å². The molecule has 0 heterocycles. The maximum atomic E-state index is 12.5. The van der Waals surface area contributed by atoms with E-state index in [1.807, 2.05) is 6.92 Å². The lowest BCUT2D eigenvalue weighted by Crippen LogP contribution is -2.39. The topological polar surface area (TPSA) is 50.4 Å². The highest BCUT2D eigenvalue weighted by atomic mass is 19.4. The summed E-state index contributed by atoms with van der Waals surface area (Å²) in [5.41, 5.74) is 2.53. The van der Waals surface area contributed by atoms with Gasteiger partial charge in [0.15, 0.2) is 0 Å². The van der Waals surface area contributed by atoms with Crippen molar-refractivity contribution in [2.45, 2.75) is 45.2 Å². The van der Waals surface area contributed by atoms with Gasteiger partial charge in [-0.25, -0.2) is 5.84 Å². The van der Waals surface area contributed by atoms with Crippen LogP contribution in [0.15, 0.2) is 4.99 Å². The van der Waals surface area contributed by atoms with Crippen LogP contribution in [-0.4, -0.2) is 18.6 Å². The highest BCUT2D eigenvalue weighted by Gasteiger charge is 2.41. The van der Waals surface area contributed by atoms with Crippen molar-refractivity contribution < 1.29 is 13.2 Å². The summed E-state index contributed by atoms with van der Waals surface area (Å²) in [5, 5.41) is 0. The predicted molar refractivity (Wildman–Crippen MR) is 61.4 cm³/mol. The Morgan fingerprint density at radius 2 is 1.88 bits per heavy atom. The molecule has 0 radical (unpaired) electrons. The summed E-state index contributed by atoms with van der Waals surface area (Å²) < 4.78 is 37.5. The normalized spacial score (nSPS) is 27.0. The molecule has 1 saturated carbocycles. The molecule has 0 aromatic heterocycles. The van der Waals surface area contributed by atoms with Gasteiger partial charge >= 0.3 is 6.18 Å². The molecule has 1 fully saturated rings. The zero-order valence-corrected chi connectivity index (χ0v) is 10.1. The summed E-state index contributed by atoms with van der Waals surface area (Å²) in [6, 6.07) is 0. The van der Waals surface area contributed by atoms with Crippen molar-refractivity contribution in [2.75, 3.05) is 6.54 Å². The minimum absolute atomic E-state index is 0.0603. The number of nitrogens with zero attached hydrogens (tertiary/aromatic N) is 1. The van der Waals surface area contributed by atoms with E-state index < -0.39 is 12.1 Å². The van der Waals surface area contributed by atoms with Gasteiger partial charge in [0, 0.05) is 12.5 Å². The first-order valence-electron chi connectivity index (χ1n) is 6.06. The monoisotopic (exact) mass is 251 g/mol. The molecule has 0 aromatic carbocycles. The van der Waals surface area contributed by atoms with Gasteiger partial charge in [-0.3, -0.25) is 4.99 Å². The fourth-order valence-corrected chi connectivity index (χ4v) is 2.22. The van der Waals surface area contributed by atoms with Gasteiger partial charge in [-0.1, -0.05) is 6.92 Å². The maximum absolute atomic E-state index is 12.5. The summed E-state index contributed by atoms with van der Waals surface area (Å²) in [6.07, 6.45) is -1.76. The molecular formula is C11H20F3N3. The Balaban J connectivity index is 2.50. The van der Waals surface area contributed by atoms with Crippen molar-refractivity contribution >= 4 is 5.84 Å². The first-order valence-corrected chi connectivity index (χ1v) is 6.06. The molecule has 1 aliphatic carbocycles. The third kappa shape index (κ3) is 4.18. The van der Waals surface area contributed by atoms with E-state index in [4.69, 9.17) is 5.84 Å². The van der Waals surface area contributed by atoms with Gasteiger partial charge in [0.2, 0.25) is 0 Å². The average molecular weight is 251 g/mol. The van der Waals surface area contributed by atoms with Crippen molar-refractivity contribution in [3.05, 3.63) is 0 Å². The first kappa shape index (κ1) is 14.3. The van der Waals surface area contributed by atoms with Crippen LogP contribution in [0.3, 0.4) is 0 Å². The number of rotatable bonds is 3. The van der Waals surface area contributed by atoms with E-state index in [1.54, 1.807) is 0 Å². The predicted octanol–water partition coefficient (Wildman–Crippen LogP) is 2.63. The number of hydrogen-bond acceptors (Lipinski definition) is 2. The van der Waals surface area contributed by atoms with Crippen molar-refractivity contribution in [2.24, 2.45) is 22.7 Å². The number of nitrogens with two attached hydrogens (primary N) is 1. The lowest BCUT2D eigenvalue weighted by molar-refractivity contribution is -0.182. The fourth-order valence-electron chi connectivity index (χ4n) is 2.22. The smallest absolute Gasteiger partial charge is 0.312 e. The van der Waals surface area contributed by atoms with Crippen molar-refractivity contribution in [1.82, 2.24) is 5.43 Å². The molecule has 3 N–H and O–H groups in total. The second-order valence-corrected chi connectivity index (χ2v) is 4.50. The second kappa shape index (κ2) is 6.23. The van der Waals surface area contributed by atoms with Gasteiger partial charge in [-0.15, -0.1) is 0 Å². The highest BCUT2D eigenvalue weighted by Crippen LogP contribution is 2.39. The van der Waals surface area contributed by atoms with Crippen molar-refractivity contribution in [3.63, 3.8) is 0 Å². The Kier molecular flexibility index (Phi) is 5.24. The summed E-state index contributed by atoms with van der Waals surface area (Å²) in [5.74, 6) is 4.93. The van der Waals surface area contributed by atoms with Crippen LogP contribution in [0.1, 0.15) is 39.0 Å². The van der Waals surface area contributed by atoms with Crippen LogP contribution in [0, 0.1) is 11.8 Å². The average Bonchev–Trinajstić information content (AvgIpc) is 2.29. The van der Waals surface area contributed by atoms with Crippen LogP contribution in [0.25, 0.3) is 0 Å². The first-order chi connectivity index (χ1) is 7.99. The van der Waals surface area contributed by atoms with E-state index in [0.717, 1.165) is 6.42 Å². The number of alkyl halides is 3. The van der Waals surface area contributed by atoms with Crippen LogP contribution >= 0.6 is 0 Å². The minimum atomic E-state index is -4.05. The maximum Gasteiger partial charge on any atom is 0.391 e. The molecule has 0 amide bonds. The fraction of sp³-hybridized carbons (Fsp3) is 0.909. The van der Waals surface area contributed by atoms with Gasteiger partial charge < -0.3 is 5.43 Å². The molecule has 1 rings (SSSR count). The molecular weight excluding hydrogens is 231 g/mol. The molecule has 0 unspecified atom stereocenters. The third-order valence-electron chi connectivity index (χ3n) is 3.23. The molecule has 0 aromatic rings. The number of hydrogen-bond donors (Lipinski definition) is 2. The van der Waals surface area contributed by atoms with Gasteiger partial charge in [0.05, 0.1) is 5.92 Å². The number of nitrogens with one attached hydrogen (secondary N) is 1. The quantitative estimate of drug-likeness (QED) is 0.350. The SMILES string of the molecule is CCCN=C(NN)C1CCC(C(F)(F)F)CC1. The van der Waals surface area contributed by atoms with Gasteiger partial charge in [0.25, 0.3) is 0 Å². The van der Waals surface area contributed by atoms with Crippen LogP contribution in [-0.2, 0) is 0 Å². The molecule has 3 nitrogen and oxygen atoms in total. The van der Waals surface area contributed by atoms with E-state index in [1.165, 1.54) is 0 Å². The molecule has 0 bridgehead atoms. The molecule has 17 heavy (non-hydrogen) atoms. The molecule has 0 aliphatic heterocycles. The Morgan fingerprint density at radius 3 is 2.29 bits per heavy atom. The van der Waals surface area contributed by atoms with Crippen molar-refractivity contribution in [3.8, 4) is 0 Å². The second-order valence-electron chi connectivity index (χ2n) is 4.50. The minimum Gasteiger partial charge on any atom is -0.312 e. The zero-order chi connectivity index (χ0) is 12.9. The van der Waals surface area contributed by atoms with Gasteiger partial charge in [-0.05, 0) is 32.1 Å². The molecule has 1 aliphatic rings. The molecule has 6 heteroatoms. The Labute approximate surface area is 99.6 Å². The summed E-state index contributed by atoms with van der Waals surface area (Å²) in [7, 11) is 0. The number of hydrazine groups is 1.